The summed E-state index contributed by atoms with van der Waals surface area (Å²) in [4.78, 5) is 20.3. The predicted octanol–water partition coefficient (Wildman–Crippen LogP) is 4.35. The van der Waals surface area contributed by atoms with Crippen molar-refractivity contribution in [3.05, 3.63) is 39.1 Å². The maximum atomic E-state index is 12.5. The Balaban J connectivity index is 1.46. The highest BCUT2D eigenvalue weighted by Crippen LogP contribution is 2.39. The fourth-order valence-corrected chi connectivity index (χ4v) is 4.76. The van der Waals surface area contributed by atoms with Gasteiger partial charge in [0.25, 0.3) is 5.56 Å². The molecule has 2 heterocycles. The highest BCUT2D eigenvalue weighted by atomic mass is 32.2. The summed E-state index contributed by atoms with van der Waals surface area (Å²) in [6.45, 7) is 2.05. The van der Waals surface area contributed by atoms with Crippen LogP contribution in [-0.4, -0.2) is 20.2 Å². The summed E-state index contributed by atoms with van der Waals surface area (Å²) in [5.41, 5.74) is 4.22. The smallest absolute Gasteiger partial charge is 0.254 e. The number of thioether (sulfide) groups is 1. The minimum absolute atomic E-state index is 0.0384. The molecule has 0 amide bonds. The van der Waals surface area contributed by atoms with Crippen LogP contribution in [0.15, 0.2) is 16.0 Å². The first kappa shape index (κ1) is 17.8. The topological polar surface area (TPSA) is 74.4 Å². The van der Waals surface area contributed by atoms with Crippen molar-refractivity contribution in [3.63, 3.8) is 0 Å². The van der Waals surface area contributed by atoms with Gasteiger partial charge >= 0.3 is 0 Å². The molecule has 4 rings (SSSR count). The Kier molecular flexibility index (Phi) is 5.48. The Bertz CT molecular complexity index is 802. The van der Waals surface area contributed by atoms with E-state index in [1.54, 1.807) is 11.8 Å². The summed E-state index contributed by atoms with van der Waals surface area (Å²) in [6.07, 6.45) is 10.8. The van der Waals surface area contributed by atoms with Gasteiger partial charge in [0.2, 0.25) is 0 Å². The summed E-state index contributed by atoms with van der Waals surface area (Å²) >= 11 is 1.58. The van der Waals surface area contributed by atoms with E-state index in [-0.39, 0.29) is 5.56 Å². The zero-order valence-corrected chi connectivity index (χ0v) is 16.3. The SMILES string of the molecule is CCc1c(CC2CCCCC2)nc(SCc2cc(C3CC3)[nH]n2)[nH]c1=O. The lowest BCUT2D eigenvalue weighted by Gasteiger charge is -2.22. The second-order valence-corrected chi connectivity index (χ2v) is 8.70. The molecule has 0 saturated heterocycles. The predicted molar refractivity (Wildman–Crippen MR) is 105 cm³/mol. The van der Waals surface area contributed by atoms with Gasteiger partial charge < -0.3 is 4.98 Å². The molecule has 0 bridgehead atoms. The molecule has 2 aliphatic rings. The van der Waals surface area contributed by atoms with E-state index in [4.69, 9.17) is 4.98 Å². The van der Waals surface area contributed by atoms with Crippen LogP contribution in [0.25, 0.3) is 0 Å². The van der Waals surface area contributed by atoms with Crippen molar-refractivity contribution in [2.75, 3.05) is 0 Å². The molecule has 0 atom stereocenters. The fourth-order valence-electron chi connectivity index (χ4n) is 3.99. The highest BCUT2D eigenvalue weighted by molar-refractivity contribution is 7.98. The number of rotatable bonds is 7. The van der Waals surface area contributed by atoms with Gasteiger partial charge in [0.15, 0.2) is 5.16 Å². The molecule has 0 aliphatic heterocycles. The zero-order valence-electron chi connectivity index (χ0n) is 15.5. The van der Waals surface area contributed by atoms with Gasteiger partial charge in [-0.15, -0.1) is 0 Å². The largest absolute Gasteiger partial charge is 0.301 e. The third kappa shape index (κ3) is 4.22. The van der Waals surface area contributed by atoms with Crippen LogP contribution in [-0.2, 0) is 18.6 Å². The van der Waals surface area contributed by atoms with Gasteiger partial charge in [-0.1, -0.05) is 50.8 Å². The molecule has 2 aromatic rings. The summed E-state index contributed by atoms with van der Waals surface area (Å²) in [5.74, 6) is 2.11. The summed E-state index contributed by atoms with van der Waals surface area (Å²) < 4.78 is 0. The molecule has 0 radical (unpaired) electrons. The van der Waals surface area contributed by atoms with Crippen LogP contribution in [0.2, 0.25) is 0 Å². The monoisotopic (exact) mass is 372 g/mol. The Morgan fingerprint density at radius 2 is 2.00 bits per heavy atom. The van der Waals surface area contributed by atoms with Crippen molar-refractivity contribution in [2.24, 2.45) is 5.92 Å². The van der Waals surface area contributed by atoms with E-state index in [0.717, 1.165) is 40.7 Å². The number of aromatic nitrogens is 4. The number of hydrogen-bond acceptors (Lipinski definition) is 4. The lowest BCUT2D eigenvalue weighted by Crippen LogP contribution is -2.21. The lowest BCUT2D eigenvalue weighted by molar-refractivity contribution is 0.352. The van der Waals surface area contributed by atoms with Crippen molar-refractivity contribution in [3.8, 4) is 0 Å². The van der Waals surface area contributed by atoms with Gasteiger partial charge in [-0.05, 0) is 37.7 Å². The number of aromatic amines is 2. The van der Waals surface area contributed by atoms with Crippen LogP contribution < -0.4 is 5.56 Å². The van der Waals surface area contributed by atoms with Crippen LogP contribution >= 0.6 is 11.8 Å². The van der Waals surface area contributed by atoms with Gasteiger partial charge in [0, 0.05) is 22.9 Å². The van der Waals surface area contributed by atoms with E-state index in [1.165, 1.54) is 50.6 Å². The van der Waals surface area contributed by atoms with E-state index in [1.807, 2.05) is 6.92 Å². The molecule has 0 unspecified atom stereocenters. The van der Waals surface area contributed by atoms with E-state index >= 15 is 0 Å². The molecule has 0 spiro atoms. The molecule has 26 heavy (non-hydrogen) atoms. The number of H-pyrrole nitrogens is 2. The first-order chi connectivity index (χ1) is 12.7. The summed E-state index contributed by atoms with van der Waals surface area (Å²) in [5, 5.41) is 8.27. The first-order valence-corrected chi connectivity index (χ1v) is 11.0. The maximum absolute atomic E-state index is 12.5. The first-order valence-electron chi connectivity index (χ1n) is 10.0. The van der Waals surface area contributed by atoms with Crippen LogP contribution in [0.4, 0.5) is 0 Å². The summed E-state index contributed by atoms with van der Waals surface area (Å²) in [6, 6.07) is 2.16. The van der Waals surface area contributed by atoms with Crippen LogP contribution in [0, 0.1) is 5.92 Å². The van der Waals surface area contributed by atoms with Gasteiger partial charge in [-0.2, -0.15) is 5.10 Å². The van der Waals surface area contributed by atoms with Gasteiger partial charge in [-0.3, -0.25) is 9.89 Å². The quantitative estimate of drug-likeness (QED) is 0.560. The van der Waals surface area contributed by atoms with Crippen LogP contribution in [0.3, 0.4) is 0 Å². The molecule has 2 aliphatic carbocycles. The van der Waals surface area contributed by atoms with Gasteiger partial charge in [-0.25, -0.2) is 4.98 Å². The average molecular weight is 373 g/mol. The maximum Gasteiger partial charge on any atom is 0.254 e. The molecule has 2 aromatic heterocycles. The van der Waals surface area contributed by atoms with Crippen molar-refractivity contribution in [2.45, 2.75) is 81.5 Å². The average Bonchev–Trinajstić information content (AvgIpc) is 3.39. The van der Waals surface area contributed by atoms with Crippen LogP contribution in [0.1, 0.15) is 80.4 Å². The standard InChI is InChI=1S/C20H28N4OS/c1-2-16-18(10-13-6-4-3-5-7-13)21-20(22-19(16)25)26-12-15-11-17(24-23-15)14-8-9-14/h11,13-14H,2-10,12H2,1H3,(H,23,24)(H,21,22,25). The molecule has 0 aromatic carbocycles. The minimum atomic E-state index is 0.0384. The molecular weight excluding hydrogens is 344 g/mol. The number of nitrogens with zero attached hydrogens (tertiary/aromatic N) is 2. The zero-order chi connectivity index (χ0) is 17.9. The van der Waals surface area contributed by atoms with Gasteiger partial charge in [0.1, 0.15) is 0 Å². The minimum Gasteiger partial charge on any atom is -0.301 e. The molecule has 6 heteroatoms. The molecule has 2 fully saturated rings. The lowest BCUT2D eigenvalue weighted by atomic mass is 9.85. The van der Waals surface area contributed by atoms with E-state index in [0.29, 0.717) is 11.8 Å². The van der Waals surface area contributed by atoms with E-state index in [2.05, 4.69) is 21.2 Å². The molecule has 2 N–H and O–H groups in total. The third-order valence-corrected chi connectivity index (χ3v) is 6.57. The Morgan fingerprint density at radius 1 is 1.19 bits per heavy atom. The van der Waals surface area contributed by atoms with Crippen molar-refractivity contribution in [1.29, 1.82) is 0 Å². The fraction of sp³-hybridized carbons (Fsp3) is 0.650. The van der Waals surface area contributed by atoms with Crippen LogP contribution in [0.5, 0.6) is 0 Å². The second-order valence-electron chi connectivity index (χ2n) is 7.74. The Morgan fingerprint density at radius 3 is 2.73 bits per heavy atom. The second kappa shape index (κ2) is 7.99. The molecule has 2 saturated carbocycles. The highest BCUT2D eigenvalue weighted by Gasteiger charge is 2.25. The molecule has 140 valence electrons. The van der Waals surface area contributed by atoms with Crippen molar-refractivity contribution in [1.82, 2.24) is 20.2 Å². The van der Waals surface area contributed by atoms with Crippen molar-refractivity contribution >= 4 is 11.8 Å². The third-order valence-electron chi connectivity index (χ3n) is 5.66. The number of hydrogen-bond donors (Lipinski definition) is 2. The van der Waals surface area contributed by atoms with Gasteiger partial charge in [0.05, 0.1) is 11.4 Å². The molecule has 5 nitrogen and oxygen atoms in total. The van der Waals surface area contributed by atoms with E-state index < -0.39 is 0 Å². The Labute approximate surface area is 158 Å². The molecular formula is C20H28N4OS. The van der Waals surface area contributed by atoms with Crippen molar-refractivity contribution < 1.29 is 0 Å². The van der Waals surface area contributed by atoms with E-state index in [9.17, 15) is 4.79 Å². The Hall–Kier alpha value is -1.56. The normalized spacial score (nSPS) is 18.3. The summed E-state index contributed by atoms with van der Waals surface area (Å²) in [7, 11) is 0. The number of nitrogens with one attached hydrogen (secondary N) is 2.